The molecule has 0 spiro atoms. The second-order valence-electron chi connectivity index (χ2n) is 3.99. The van der Waals surface area contributed by atoms with Gasteiger partial charge in [0.15, 0.2) is 0 Å². The molecule has 1 fully saturated rings. The molecule has 5 nitrogen and oxygen atoms in total. The van der Waals surface area contributed by atoms with E-state index in [1.165, 1.54) is 0 Å². The van der Waals surface area contributed by atoms with E-state index in [1.54, 1.807) is 12.1 Å². The lowest BCUT2D eigenvalue weighted by Crippen LogP contribution is -2.45. The highest BCUT2D eigenvalue weighted by molar-refractivity contribution is 9.10. The summed E-state index contributed by atoms with van der Waals surface area (Å²) in [5.74, 6) is -0.129. The molecule has 2 atom stereocenters. The van der Waals surface area contributed by atoms with E-state index in [2.05, 4.69) is 21.2 Å². The Hall–Kier alpha value is -1.43. The van der Waals surface area contributed by atoms with Crippen molar-refractivity contribution >= 4 is 21.8 Å². The van der Waals surface area contributed by atoms with E-state index in [1.807, 2.05) is 12.1 Å². The predicted molar refractivity (Wildman–Crippen MR) is 65.0 cm³/mol. The molecule has 1 aliphatic heterocycles. The molecule has 1 saturated heterocycles. The molecule has 6 heteroatoms. The van der Waals surface area contributed by atoms with Crippen LogP contribution in [0.25, 0.3) is 0 Å². The molecule has 1 amide bonds. The van der Waals surface area contributed by atoms with Crippen LogP contribution in [0.5, 0.6) is 0 Å². The molecule has 0 aromatic heterocycles. The first kappa shape index (κ1) is 12.0. The molecule has 1 aliphatic rings. The number of hydrogen-bond acceptors (Lipinski definition) is 3. The molecule has 17 heavy (non-hydrogen) atoms. The van der Waals surface area contributed by atoms with Gasteiger partial charge in [0.2, 0.25) is 11.9 Å². The average molecular weight is 299 g/mol. The summed E-state index contributed by atoms with van der Waals surface area (Å²) in [7, 11) is 0. The molecule has 0 aliphatic carbocycles. The first-order chi connectivity index (χ1) is 8.08. The van der Waals surface area contributed by atoms with Crippen LogP contribution in [0.1, 0.15) is 24.4 Å². The highest BCUT2D eigenvalue weighted by Crippen LogP contribution is 2.27. The van der Waals surface area contributed by atoms with Crippen LogP contribution in [-0.2, 0) is 4.79 Å². The lowest BCUT2D eigenvalue weighted by molar-refractivity contribution is -0.529. The molecule has 1 N–H and O–H groups in total. The molecule has 90 valence electrons. The van der Waals surface area contributed by atoms with Gasteiger partial charge in [-0.3, -0.25) is 14.9 Å². The molecule has 0 bridgehead atoms. The zero-order valence-corrected chi connectivity index (χ0v) is 10.5. The normalized spacial score (nSPS) is 24.2. The van der Waals surface area contributed by atoms with Gasteiger partial charge in [-0.05, 0) is 17.7 Å². The molecule has 1 aromatic rings. The first-order valence-electron chi connectivity index (χ1n) is 5.26. The van der Waals surface area contributed by atoms with E-state index in [9.17, 15) is 14.9 Å². The van der Waals surface area contributed by atoms with Gasteiger partial charge in [0.05, 0.1) is 0 Å². The fourth-order valence-corrected chi connectivity index (χ4v) is 2.25. The zero-order chi connectivity index (χ0) is 12.4. The largest absolute Gasteiger partial charge is 0.343 e. The second-order valence-corrected chi connectivity index (χ2v) is 4.90. The third-order valence-electron chi connectivity index (χ3n) is 2.87. The van der Waals surface area contributed by atoms with E-state index in [0.717, 1.165) is 10.0 Å². The van der Waals surface area contributed by atoms with Gasteiger partial charge in [-0.1, -0.05) is 28.1 Å². The topological polar surface area (TPSA) is 72.2 Å². The first-order valence-corrected chi connectivity index (χ1v) is 6.05. The Balaban J connectivity index is 2.28. The fraction of sp³-hybridized carbons (Fsp3) is 0.364. The van der Waals surface area contributed by atoms with E-state index in [-0.39, 0.29) is 17.3 Å². The standard InChI is InChI=1S/C11H11BrN2O3/c12-8-3-1-7(2-4-8)11-9(14(16)17)5-6-10(15)13-11/h1-4,9,11H,5-6H2,(H,13,15)/t9-,11+/m0/s1. The van der Waals surface area contributed by atoms with Gasteiger partial charge in [0.25, 0.3) is 0 Å². The van der Waals surface area contributed by atoms with Crippen LogP contribution >= 0.6 is 15.9 Å². The zero-order valence-electron chi connectivity index (χ0n) is 8.93. The molecule has 2 rings (SSSR count). The van der Waals surface area contributed by atoms with Crippen LogP contribution < -0.4 is 5.32 Å². The maximum absolute atomic E-state index is 11.3. The summed E-state index contributed by atoms with van der Waals surface area (Å²) in [4.78, 5) is 22.0. The van der Waals surface area contributed by atoms with Crippen LogP contribution in [0, 0.1) is 10.1 Å². The molecular formula is C11H11BrN2O3. The minimum absolute atomic E-state index is 0.129. The summed E-state index contributed by atoms with van der Waals surface area (Å²) >= 11 is 3.30. The van der Waals surface area contributed by atoms with Crippen molar-refractivity contribution in [1.29, 1.82) is 0 Å². The van der Waals surface area contributed by atoms with Crippen LogP contribution in [-0.4, -0.2) is 16.9 Å². The van der Waals surface area contributed by atoms with Gasteiger partial charge in [-0.15, -0.1) is 0 Å². The van der Waals surface area contributed by atoms with E-state index < -0.39 is 12.1 Å². The van der Waals surface area contributed by atoms with Crippen LogP contribution in [0.3, 0.4) is 0 Å². The smallest absolute Gasteiger partial charge is 0.237 e. The van der Waals surface area contributed by atoms with Crippen LogP contribution in [0.15, 0.2) is 28.7 Å². The minimum atomic E-state index is -0.742. The molecule has 0 radical (unpaired) electrons. The predicted octanol–water partition coefficient (Wildman–Crippen LogP) is 2.05. The maximum atomic E-state index is 11.3. The Morgan fingerprint density at radius 1 is 1.35 bits per heavy atom. The Morgan fingerprint density at radius 3 is 2.59 bits per heavy atom. The van der Waals surface area contributed by atoms with Gasteiger partial charge < -0.3 is 5.32 Å². The number of nitrogens with zero attached hydrogens (tertiary/aromatic N) is 1. The molecule has 1 heterocycles. The van der Waals surface area contributed by atoms with Crippen molar-refractivity contribution in [1.82, 2.24) is 5.32 Å². The number of nitro groups is 1. The van der Waals surface area contributed by atoms with Gasteiger partial charge in [0.1, 0.15) is 6.04 Å². The summed E-state index contributed by atoms with van der Waals surface area (Å²) in [6.45, 7) is 0. The number of benzene rings is 1. The van der Waals surface area contributed by atoms with Gasteiger partial charge in [-0.2, -0.15) is 0 Å². The molecule has 0 saturated carbocycles. The van der Waals surface area contributed by atoms with E-state index in [0.29, 0.717) is 6.42 Å². The lowest BCUT2D eigenvalue weighted by Gasteiger charge is -2.26. The van der Waals surface area contributed by atoms with Gasteiger partial charge >= 0.3 is 0 Å². The summed E-state index contributed by atoms with van der Waals surface area (Å²) in [5.41, 5.74) is 0.767. The third-order valence-corrected chi connectivity index (χ3v) is 3.40. The van der Waals surface area contributed by atoms with Crippen LogP contribution in [0.4, 0.5) is 0 Å². The second kappa shape index (κ2) is 4.83. The lowest BCUT2D eigenvalue weighted by atomic mass is 9.92. The molecule has 0 unspecified atom stereocenters. The Morgan fingerprint density at radius 2 is 2.00 bits per heavy atom. The highest BCUT2D eigenvalue weighted by Gasteiger charge is 2.37. The number of carbonyl (C=O) groups is 1. The Kier molecular flexibility index (Phi) is 3.42. The highest BCUT2D eigenvalue weighted by atomic mass is 79.9. The Labute approximate surface area is 106 Å². The van der Waals surface area contributed by atoms with Gasteiger partial charge in [0, 0.05) is 22.2 Å². The van der Waals surface area contributed by atoms with E-state index in [4.69, 9.17) is 0 Å². The molecule has 1 aromatic carbocycles. The number of hydrogen-bond donors (Lipinski definition) is 1. The van der Waals surface area contributed by atoms with Crippen molar-refractivity contribution in [2.24, 2.45) is 0 Å². The average Bonchev–Trinajstić information content (AvgIpc) is 2.29. The minimum Gasteiger partial charge on any atom is -0.343 e. The Bertz CT molecular complexity index is 447. The van der Waals surface area contributed by atoms with Crippen LogP contribution in [0.2, 0.25) is 0 Å². The monoisotopic (exact) mass is 298 g/mol. The number of nitrogens with one attached hydrogen (secondary N) is 1. The number of halogens is 1. The third kappa shape index (κ3) is 2.63. The summed E-state index contributed by atoms with van der Waals surface area (Å²) in [5, 5.41) is 13.6. The number of rotatable bonds is 2. The number of piperidine rings is 1. The van der Waals surface area contributed by atoms with Crippen molar-refractivity contribution in [3.63, 3.8) is 0 Å². The summed E-state index contributed by atoms with van der Waals surface area (Å²) in [6, 6.07) is 5.93. The maximum Gasteiger partial charge on any atom is 0.237 e. The van der Waals surface area contributed by atoms with Crippen molar-refractivity contribution in [3.05, 3.63) is 44.4 Å². The fourth-order valence-electron chi connectivity index (χ4n) is 1.99. The number of amides is 1. The van der Waals surface area contributed by atoms with Gasteiger partial charge in [-0.25, -0.2) is 0 Å². The number of carbonyl (C=O) groups excluding carboxylic acids is 1. The van der Waals surface area contributed by atoms with Crippen molar-refractivity contribution in [2.75, 3.05) is 0 Å². The quantitative estimate of drug-likeness (QED) is 0.671. The SMILES string of the molecule is O=C1CC[C@H]([N+](=O)[O-])[C@@H](c2ccc(Br)cc2)N1. The van der Waals surface area contributed by atoms with E-state index >= 15 is 0 Å². The molecular weight excluding hydrogens is 288 g/mol. The summed E-state index contributed by atoms with van der Waals surface area (Å²) in [6.07, 6.45) is 0.512. The van der Waals surface area contributed by atoms with Crippen molar-refractivity contribution in [3.8, 4) is 0 Å². The summed E-state index contributed by atoms with van der Waals surface area (Å²) < 4.78 is 0.904. The van der Waals surface area contributed by atoms with Crippen molar-refractivity contribution in [2.45, 2.75) is 24.9 Å². The van der Waals surface area contributed by atoms with Crippen molar-refractivity contribution < 1.29 is 9.72 Å².